The van der Waals surface area contributed by atoms with Crippen molar-refractivity contribution in [1.82, 2.24) is 0 Å². The minimum atomic E-state index is -0.740. The van der Waals surface area contributed by atoms with E-state index in [0.29, 0.717) is 16.5 Å². The summed E-state index contributed by atoms with van der Waals surface area (Å²) in [6.45, 7) is -0.253. The maximum Gasteiger partial charge on any atom is 0.0864 e. The van der Waals surface area contributed by atoms with E-state index in [4.69, 9.17) is 27.5 Å². The second-order valence-electron chi connectivity index (χ2n) is 2.81. The molecule has 1 rings (SSSR count). The molecule has 1 unspecified atom stereocenters. The number of thioether (sulfide) groups is 1. The zero-order chi connectivity index (χ0) is 10.6. The number of nitrogens with two attached hydrogens (primary N) is 1. The Morgan fingerprint density at radius 2 is 2.21 bits per heavy atom. The molecule has 0 saturated carbocycles. The maximum absolute atomic E-state index is 9.15. The number of hydrogen-bond donors (Lipinski definition) is 3. The third-order valence-corrected chi connectivity index (χ3v) is 3.35. The number of aliphatic hydroxyl groups is 2. The molecule has 0 aliphatic carbocycles. The lowest BCUT2D eigenvalue weighted by Gasteiger charge is -2.09. The van der Waals surface area contributed by atoms with Gasteiger partial charge in [0.05, 0.1) is 17.7 Å². The summed E-state index contributed by atoms with van der Waals surface area (Å²) in [7, 11) is 0. The number of rotatable bonds is 4. The third kappa shape index (κ3) is 3.06. The molecule has 5 heteroatoms. The molecule has 0 aliphatic heterocycles. The van der Waals surface area contributed by atoms with E-state index >= 15 is 0 Å². The van der Waals surface area contributed by atoms with Gasteiger partial charge >= 0.3 is 0 Å². The van der Waals surface area contributed by atoms with Gasteiger partial charge in [0, 0.05) is 16.3 Å². The maximum atomic E-state index is 9.15. The third-order valence-electron chi connectivity index (χ3n) is 1.63. The Hall–Kier alpha value is -0.420. The molecule has 1 aromatic carbocycles. The molecule has 0 heterocycles. The summed E-state index contributed by atoms with van der Waals surface area (Å²) in [6.07, 6.45) is -0.740. The molecule has 3 nitrogen and oxygen atoms in total. The number of nitrogen functional groups attached to an aromatic ring is 1. The van der Waals surface area contributed by atoms with Crippen LogP contribution in [0.4, 0.5) is 5.69 Å². The first-order valence-corrected chi connectivity index (χ1v) is 5.47. The predicted molar refractivity (Wildman–Crippen MR) is 59.7 cm³/mol. The first-order valence-electron chi connectivity index (χ1n) is 4.11. The normalized spacial score (nSPS) is 12.8. The largest absolute Gasteiger partial charge is 0.398 e. The van der Waals surface area contributed by atoms with Crippen LogP contribution in [0.15, 0.2) is 23.1 Å². The van der Waals surface area contributed by atoms with E-state index in [-0.39, 0.29) is 6.61 Å². The van der Waals surface area contributed by atoms with Crippen molar-refractivity contribution in [2.45, 2.75) is 11.0 Å². The molecule has 0 amide bonds. The summed E-state index contributed by atoms with van der Waals surface area (Å²) < 4.78 is 0. The molecule has 4 N–H and O–H groups in total. The molecule has 0 aliphatic rings. The van der Waals surface area contributed by atoms with Gasteiger partial charge in [-0.05, 0) is 12.1 Å². The van der Waals surface area contributed by atoms with Crippen LogP contribution >= 0.6 is 23.4 Å². The van der Waals surface area contributed by atoms with E-state index in [1.165, 1.54) is 11.8 Å². The quantitative estimate of drug-likeness (QED) is 0.543. The zero-order valence-electron chi connectivity index (χ0n) is 7.48. The average Bonchev–Trinajstić information content (AvgIpc) is 2.16. The van der Waals surface area contributed by atoms with Crippen molar-refractivity contribution >= 4 is 29.1 Å². The zero-order valence-corrected chi connectivity index (χ0v) is 9.05. The van der Waals surface area contributed by atoms with Gasteiger partial charge in [-0.15, -0.1) is 11.8 Å². The number of benzene rings is 1. The first-order chi connectivity index (χ1) is 6.65. The average molecular weight is 234 g/mol. The van der Waals surface area contributed by atoms with Crippen LogP contribution in [0, 0.1) is 0 Å². The summed E-state index contributed by atoms with van der Waals surface area (Å²) >= 11 is 7.25. The minimum Gasteiger partial charge on any atom is -0.398 e. The van der Waals surface area contributed by atoms with Gasteiger partial charge in [-0.2, -0.15) is 0 Å². The highest BCUT2D eigenvalue weighted by molar-refractivity contribution is 7.99. The molecule has 1 atom stereocenters. The van der Waals surface area contributed by atoms with Gasteiger partial charge < -0.3 is 15.9 Å². The van der Waals surface area contributed by atoms with Crippen LogP contribution in [0.3, 0.4) is 0 Å². The van der Waals surface area contributed by atoms with Crippen LogP contribution in [0.25, 0.3) is 0 Å². The van der Waals surface area contributed by atoms with Crippen molar-refractivity contribution in [1.29, 1.82) is 0 Å². The number of aliphatic hydroxyl groups excluding tert-OH is 2. The van der Waals surface area contributed by atoms with Gasteiger partial charge in [-0.1, -0.05) is 17.7 Å². The van der Waals surface area contributed by atoms with Crippen molar-refractivity contribution < 1.29 is 10.2 Å². The predicted octanol–water partition coefficient (Wildman–Crippen LogP) is 1.37. The monoisotopic (exact) mass is 233 g/mol. The Morgan fingerprint density at radius 1 is 1.50 bits per heavy atom. The highest BCUT2D eigenvalue weighted by Gasteiger charge is 2.08. The Labute approximate surface area is 91.9 Å². The van der Waals surface area contributed by atoms with Crippen molar-refractivity contribution in [3.8, 4) is 0 Å². The lowest BCUT2D eigenvalue weighted by atomic mass is 10.3. The fourth-order valence-corrected chi connectivity index (χ4v) is 2.16. The highest BCUT2D eigenvalue weighted by atomic mass is 35.5. The Bertz CT molecular complexity index is 289. The van der Waals surface area contributed by atoms with Crippen molar-refractivity contribution in [3.63, 3.8) is 0 Å². The van der Waals surface area contributed by atoms with Crippen LogP contribution < -0.4 is 5.73 Å². The van der Waals surface area contributed by atoms with Crippen molar-refractivity contribution in [3.05, 3.63) is 23.2 Å². The van der Waals surface area contributed by atoms with Crippen molar-refractivity contribution in [2.75, 3.05) is 18.1 Å². The molecule has 0 saturated heterocycles. The SMILES string of the molecule is Nc1cccc(Cl)c1SCC(O)CO. The van der Waals surface area contributed by atoms with Crippen LogP contribution in [0.5, 0.6) is 0 Å². The summed E-state index contributed by atoms with van der Waals surface area (Å²) in [5.41, 5.74) is 6.29. The van der Waals surface area contributed by atoms with E-state index in [2.05, 4.69) is 0 Å². The van der Waals surface area contributed by atoms with Gasteiger partial charge in [0.2, 0.25) is 0 Å². The summed E-state index contributed by atoms with van der Waals surface area (Å²) in [5.74, 6) is 0.379. The molecule has 0 bridgehead atoms. The second kappa shape index (κ2) is 5.46. The molecule has 0 radical (unpaired) electrons. The number of hydrogen-bond acceptors (Lipinski definition) is 4. The molecule has 0 spiro atoms. The second-order valence-corrected chi connectivity index (χ2v) is 4.24. The van der Waals surface area contributed by atoms with Gasteiger partial charge in [0.15, 0.2) is 0 Å². The lowest BCUT2D eigenvalue weighted by Crippen LogP contribution is -2.14. The van der Waals surface area contributed by atoms with Gasteiger partial charge in [-0.3, -0.25) is 0 Å². The first kappa shape index (κ1) is 11.7. The molecule has 0 fully saturated rings. The summed E-state index contributed by atoms with van der Waals surface area (Å²) in [5, 5.41) is 18.3. The van der Waals surface area contributed by atoms with E-state index in [1.54, 1.807) is 18.2 Å². The molecular weight excluding hydrogens is 222 g/mol. The van der Waals surface area contributed by atoms with Gasteiger partial charge in [0.25, 0.3) is 0 Å². The molecule has 14 heavy (non-hydrogen) atoms. The molecule has 0 aromatic heterocycles. The van der Waals surface area contributed by atoms with E-state index in [9.17, 15) is 0 Å². The van der Waals surface area contributed by atoms with Gasteiger partial charge in [-0.25, -0.2) is 0 Å². The Morgan fingerprint density at radius 3 is 2.79 bits per heavy atom. The fraction of sp³-hybridized carbons (Fsp3) is 0.333. The van der Waals surface area contributed by atoms with Crippen LogP contribution in [-0.4, -0.2) is 28.7 Å². The smallest absolute Gasteiger partial charge is 0.0864 e. The highest BCUT2D eigenvalue weighted by Crippen LogP contribution is 2.32. The number of anilines is 1. The molecule has 78 valence electrons. The lowest BCUT2D eigenvalue weighted by molar-refractivity contribution is 0.113. The Kier molecular flexibility index (Phi) is 4.54. The summed E-state index contributed by atoms with van der Waals surface area (Å²) in [4.78, 5) is 0.752. The van der Waals surface area contributed by atoms with Crippen LogP contribution in [0.1, 0.15) is 0 Å². The van der Waals surface area contributed by atoms with E-state index in [0.717, 1.165) is 4.90 Å². The standard InChI is InChI=1S/C9H12ClNO2S/c10-7-2-1-3-8(11)9(7)14-5-6(13)4-12/h1-3,6,12-13H,4-5,11H2. The number of halogens is 1. The topological polar surface area (TPSA) is 66.5 Å². The van der Waals surface area contributed by atoms with Gasteiger partial charge in [0.1, 0.15) is 0 Å². The summed E-state index contributed by atoms with van der Waals surface area (Å²) in [6, 6.07) is 5.26. The van der Waals surface area contributed by atoms with Crippen molar-refractivity contribution in [2.24, 2.45) is 0 Å². The molecule has 1 aromatic rings. The van der Waals surface area contributed by atoms with Crippen LogP contribution in [0.2, 0.25) is 5.02 Å². The van der Waals surface area contributed by atoms with E-state index in [1.807, 2.05) is 0 Å². The molecular formula is C9H12ClNO2S. The Balaban J connectivity index is 2.66. The van der Waals surface area contributed by atoms with E-state index < -0.39 is 6.10 Å². The van der Waals surface area contributed by atoms with Crippen LogP contribution in [-0.2, 0) is 0 Å². The fourth-order valence-electron chi connectivity index (χ4n) is 0.910. The minimum absolute atomic E-state index is 0.253.